The van der Waals surface area contributed by atoms with Crippen molar-refractivity contribution in [2.24, 2.45) is 5.73 Å². The average molecular weight is 234 g/mol. The molecule has 0 radical (unpaired) electrons. The van der Waals surface area contributed by atoms with E-state index in [1.807, 2.05) is 0 Å². The standard InChI is InChI=1S/C10H10Cl2FN/c1-2-3-9(14)6-4-7(11)10(12)8(13)5-6/h2,4-5,9H,1,3,14H2. The molecule has 0 amide bonds. The highest BCUT2D eigenvalue weighted by Gasteiger charge is 2.11. The Bertz CT molecular complexity index is 329. The molecule has 0 fully saturated rings. The van der Waals surface area contributed by atoms with Crippen LogP contribution in [0.2, 0.25) is 10.0 Å². The normalized spacial score (nSPS) is 12.6. The van der Waals surface area contributed by atoms with Gasteiger partial charge in [0.1, 0.15) is 5.82 Å². The molecule has 1 unspecified atom stereocenters. The molecule has 76 valence electrons. The predicted molar refractivity (Wildman–Crippen MR) is 58.2 cm³/mol. The molecule has 0 aliphatic carbocycles. The van der Waals surface area contributed by atoms with E-state index in [2.05, 4.69) is 6.58 Å². The van der Waals surface area contributed by atoms with Gasteiger partial charge in [0.05, 0.1) is 10.0 Å². The number of halogens is 3. The van der Waals surface area contributed by atoms with Gasteiger partial charge in [-0.15, -0.1) is 6.58 Å². The van der Waals surface area contributed by atoms with Crippen LogP contribution in [-0.2, 0) is 0 Å². The van der Waals surface area contributed by atoms with Crippen LogP contribution in [0.4, 0.5) is 4.39 Å². The molecule has 14 heavy (non-hydrogen) atoms. The topological polar surface area (TPSA) is 26.0 Å². The third kappa shape index (κ3) is 2.47. The number of nitrogens with two attached hydrogens (primary N) is 1. The van der Waals surface area contributed by atoms with Crippen LogP contribution < -0.4 is 5.73 Å². The van der Waals surface area contributed by atoms with Crippen molar-refractivity contribution < 1.29 is 4.39 Å². The molecule has 4 heteroatoms. The van der Waals surface area contributed by atoms with Gasteiger partial charge in [0.25, 0.3) is 0 Å². The third-order valence-electron chi connectivity index (χ3n) is 1.85. The Morgan fingerprint density at radius 2 is 2.14 bits per heavy atom. The van der Waals surface area contributed by atoms with Gasteiger partial charge in [-0.1, -0.05) is 29.3 Å². The van der Waals surface area contributed by atoms with Crippen LogP contribution in [0.1, 0.15) is 18.0 Å². The first-order valence-corrected chi connectivity index (χ1v) is 4.82. The zero-order valence-corrected chi connectivity index (χ0v) is 8.95. The summed E-state index contributed by atoms with van der Waals surface area (Å²) in [6, 6.07) is 2.57. The summed E-state index contributed by atoms with van der Waals surface area (Å²) in [7, 11) is 0. The minimum atomic E-state index is -0.548. The van der Waals surface area contributed by atoms with Crippen molar-refractivity contribution in [3.63, 3.8) is 0 Å². The first kappa shape index (κ1) is 11.5. The van der Waals surface area contributed by atoms with Crippen LogP contribution in [0.3, 0.4) is 0 Å². The molecule has 0 bridgehead atoms. The van der Waals surface area contributed by atoms with Gasteiger partial charge >= 0.3 is 0 Å². The van der Waals surface area contributed by atoms with Crippen molar-refractivity contribution in [2.45, 2.75) is 12.5 Å². The summed E-state index contributed by atoms with van der Waals surface area (Å²) < 4.78 is 13.1. The summed E-state index contributed by atoms with van der Waals surface area (Å²) >= 11 is 11.3. The molecule has 1 aromatic carbocycles. The van der Waals surface area contributed by atoms with E-state index in [9.17, 15) is 4.39 Å². The van der Waals surface area contributed by atoms with E-state index in [4.69, 9.17) is 28.9 Å². The lowest BCUT2D eigenvalue weighted by Crippen LogP contribution is -2.09. The molecule has 0 saturated heterocycles. The number of benzene rings is 1. The molecular weight excluding hydrogens is 224 g/mol. The van der Waals surface area contributed by atoms with Crippen LogP contribution in [-0.4, -0.2) is 0 Å². The maximum absolute atomic E-state index is 13.1. The monoisotopic (exact) mass is 233 g/mol. The van der Waals surface area contributed by atoms with Gasteiger partial charge in [0.15, 0.2) is 0 Å². The highest BCUT2D eigenvalue weighted by Crippen LogP contribution is 2.29. The molecule has 1 nitrogen and oxygen atoms in total. The van der Waals surface area contributed by atoms with E-state index < -0.39 is 5.82 Å². The first-order valence-electron chi connectivity index (χ1n) is 4.07. The maximum Gasteiger partial charge on any atom is 0.143 e. The van der Waals surface area contributed by atoms with Crippen LogP contribution in [0.15, 0.2) is 24.8 Å². The molecule has 1 aromatic rings. The molecule has 0 spiro atoms. The summed E-state index contributed by atoms with van der Waals surface area (Å²) in [6.07, 6.45) is 2.24. The van der Waals surface area contributed by atoms with E-state index in [0.29, 0.717) is 12.0 Å². The fourth-order valence-electron chi connectivity index (χ4n) is 1.10. The smallest absolute Gasteiger partial charge is 0.143 e. The van der Waals surface area contributed by atoms with Crippen molar-refractivity contribution in [2.75, 3.05) is 0 Å². The third-order valence-corrected chi connectivity index (χ3v) is 2.63. The Morgan fingerprint density at radius 1 is 1.50 bits per heavy atom. The number of rotatable bonds is 3. The lowest BCUT2D eigenvalue weighted by molar-refractivity contribution is 0.620. The Balaban J connectivity index is 3.05. The molecule has 0 aliphatic rings. The predicted octanol–water partition coefficient (Wildman–Crippen LogP) is 3.71. The van der Waals surface area contributed by atoms with Crippen molar-refractivity contribution in [3.05, 3.63) is 46.2 Å². The van der Waals surface area contributed by atoms with Gasteiger partial charge in [-0.05, 0) is 24.1 Å². The SMILES string of the molecule is C=CCC(N)c1cc(F)c(Cl)c(Cl)c1. The first-order chi connectivity index (χ1) is 6.56. The van der Waals surface area contributed by atoms with E-state index >= 15 is 0 Å². The van der Waals surface area contributed by atoms with Gasteiger partial charge in [-0.2, -0.15) is 0 Å². The molecule has 2 N–H and O–H groups in total. The van der Waals surface area contributed by atoms with Crippen molar-refractivity contribution in [3.8, 4) is 0 Å². The van der Waals surface area contributed by atoms with Crippen LogP contribution in [0.25, 0.3) is 0 Å². The molecule has 1 rings (SSSR count). The molecule has 1 atom stereocenters. The highest BCUT2D eigenvalue weighted by molar-refractivity contribution is 6.42. The molecule has 0 heterocycles. The van der Waals surface area contributed by atoms with E-state index in [0.717, 1.165) is 0 Å². The maximum atomic E-state index is 13.1. The van der Waals surface area contributed by atoms with E-state index in [-0.39, 0.29) is 16.1 Å². The summed E-state index contributed by atoms with van der Waals surface area (Å²) in [5.74, 6) is -0.548. The second kappa shape index (κ2) is 4.78. The van der Waals surface area contributed by atoms with Gasteiger partial charge < -0.3 is 5.73 Å². The van der Waals surface area contributed by atoms with Crippen LogP contribution in [0, 0.1) is 5.82 Å². The Labute approximate surface area is 92.3 Å². The van der Waals surface area contributed by atoms with Crippen LogP contribution >= 0.6 is 23.2 Å². The second-order valence-electron chi connectivity index (χ2n) is 2.93. The number of hydrogen-bond acceptors (Lipinski definition) is 1. The van der Waals surface area contributed by atoms with Crippen molar-refractivity contribution in [1.82, 2.24) is 0 Å². The van der Waals surface area contributed by atoms with Gasteiger partial charge in [0, 0.05) is 6.04 Å². The summed E-state index contributed by atoms with van der Waals surface area (Å²) in [4.78, 5) is 0. The van der Waals surface area contributed by atoms with Gasteiger partial charge in [0.2, 0.25) is 0 Å². The lowest BCUT2D eigenvalue weighted by atomic mass is 10.0. The fraction of sp³-hybridized carbons (Fsp3) is 0.200. The zero-order valence-electron chi connectivity index (χ0n) is 7.43. The summed E-state index contributed by atoms with van der Waals surface area (Å²) in [5.41, 5.74) is 6.38. The van der Waals surface area contributed by atoms with E-state index in [1.165, 1.54) is 6.07 Å². The Morgan fingerprint density at radius 3 is 2.64 bits per heavy atom. The minimum Gasteiger partial charge on any atom is -0.324 e. The average Bonchev–Trinajstić information content (AvgIpc) is 2.13. The summed E-state index contributed by atoms with van der Waals surface area (Å²) in [5, 5.41) is 0.113. The van der Waals surface area contributed by atoms with Gasteiger partial charge in [-0.3, -0.25) is 0 Å². The molecule has 0 saturated carbocycles. The molecular formula is C10H10Cl2FN. The Kier molecular flexibility index (Phi) is 3.93. The van der Waals surface area contributed by atoms with Crippen molar-refractivity contribution >= 4 is 23.2 Å². The summed E-state index contributed by atoms with van der Waals surface area (Å²) in [6.45, 7) is 3.56. The van der Waals surface area contributed by atoms with Crippen molar-refractivity contribution in [1.29, 1.82) is 0 Å². The van der Waals surface area contributed by atoms with Crippen LogP contribution in [0.5, 0.6) is 0 Å². The highest BCUT2D eigenvalue weighted by atomic mass is 35.5. The molecule has 0 aromatic heterocycles. The molecule has 0 aliphatic heterocycles. The minimum absolute atomic E-state index is 0.0683. The fourth-order valence-corrected chi connectivity index (χ4v) is 1.43. The quantitative estimate of drug-likeness (QED) is 0.626. The second-order valence-corrected chi connectivity index (χ2v) is 3.71. The largest absolute Gasteiger partial charge is 0.324 e. The zero-order chi connectivity index (χ0) is 10.7. The number of hydrogen-bond donors (Lipinski definition) is 1. The van der Waals surface area contributed by atoms with E-state index in [1.54, 1.807) is 12.1 Å². The lowest BCUT2D eigenvalue weighted by Gasteiger charge is -2.10. The Hall–Kier alpha value is -0.570. The van der Waals surface area contributed by atoms with Gasteiger partial charge in [-0.25, -0.2) is 4.39 Å².